The molecule has 0 aliphatic rings. The molecule has 3 heteroatoms. The highest BCUT2D eigenvalue weighted by Crippen LogP contribution is 2.32. The van der Waals surface area contributed by atoms with Crippen molar-refractivity contribution < 1.29 is 14.6 Å². The summed E-state index contributed by atoms with van der Waals surface area (Å²) in [6, 6.07) is 5.67. The molecule has 0 saturated carbocycles. The summed E-state index contributed by atoms with van der Waals surface area (Å²) in [6.07, 6.45) is 0.387. The summed E-state index contributed by atoms with van der Waals surface area (Å²) in [5.74, 6) is 1.59. The summed E-state index contributed by atoms with van der Waals surface area (Å²) in [4.78, 5) is 0. The van der Waals surface area contributed by atoms with Crippen LogP contribution >= 0.6 is 0 Å². The van der Waals surface area contributed by atoms with Crippen molar-refractivity contribution in [2.75, 3.05) is 14.2 Å². The second-order valence-corrected chi connectivity index (χ2v) is 3.87. The summed E-state index contributed by atoms with van der Waals surface area (Å²) in [6.45, 7) is 3.97. The Balaban J connectivity index is 3.03. The second kappa shape index (κ2) is 5.75. The summed E-state index contributed by atoms with van der Waals surface area (Å²) in [5.41, 5.74) is 1.01. The zero-order chi connectivity index (χ0) is 12.1. The SMILES string of the molecule is CCC(O)C(C)c1ccc(OC)cc1OC. The van der Waals surface area contributed by atoms with Gasteiger partial charge in [-0.05, 0) is 18.1 Å². The summed E-state index contributed by atoms with van der Waals surface area (Å²) in [5, 5.41) is 9.84. The molecule has 16 heavy (non-hydrogen) atoms. The number of rotatable bonds is 5. The fourth-order valence-electron chi connectivity index (χ4n) is 1.76. The van der Waals surface area contributed by atoms with Crippen molar-refractivity contribution in [1.29, 1.82) is 0 Å². The Hall–Kier alpha value is -1.22. The van der Waals surface area contributed by atoms with E-state index in [-0.39, 0.29) is 12.0 Å². The van der Waals surface area contributed by atoms with Gasteiger partial charge in [0, 0.05) is 12.0 Å². The van der Waals surface area contributed by atoms with E-state index in [9.17, 15) is 5.11 Å². The first-order valence-electron chi connectivity index (χ1n) is 5.54. The zero-order valence-corrected chi connectivity index (χ0v) is 10.4. The van der Waals surface area contributed by atoms with Gasteiger partial charge < -0.3 is 14.6 Å². The number of aliphatic hydroxyl groups excluding tert-OH is 1. The molecule has 1 aromatic carbocycles. The number of methoxy groups -OCH3 is 2. The molecule has 0 aromatic heterocycles. The minimum atomic E-state index is -0.345. The molecule has 0 spiro atoms. The van der Waals surface area contributed by atoms with E-state index in [2.05, 4.69) is 0 Å². The van der Waals surface area contributed by atoms with Gasteiger partial charge in [0.1, 0.15) is 11.5 Å². The van der Waals surface area contributed by atoms with Crippen LogP contribution in [0.3, 0.4) is 0 Å². The van der Waals surface area contributed by atoms with Crippen LogP contribution in [0, 0.1) is 0 Å². The van der Waals surface area contributed by atoms with Crippen LogP contribution in [0.4, 0.5) is 0 Å². The monoisotopic (exact) mass is 224 g/mol. The molecule has 0 aliphatic carbocycles. The largest absolute Gasteiger partial charge is 0.497 e. The van der Waals surface area contributed by atoms with E-state index in [0.29, 0.717) is 0 Å². The zero-order valence-electron chi connectivity index (χ0n) is 10.4. The molecule has 0 fully saturated rings. The topological polar surface area (TPSA) is 38.7 Å². The average molecular weight is 224 g/mol. The first-order chi connectivity index (χ1) is 7.63. The third-order valence-electron chi connectivity index (χ3n) is 2.93. The summed E-state index contributed by atoms with van der Waals surface area (Å²) < 4.78 is 10.4. The van der Waals surface area contributed by atoms with Crippen LogP contribution in [-0.4, -0.2) is 25.4 Å². The normalized spacial score (nSPS) is 14.3. The van der Waals surface area contributed by atoms with Crippen molar-refractivity contribution in [2.45, 2.75) is 32.3 Å². The van der Waals surface area contributed by atoms with Crippen molar-refractivity contribution >= 4 is 0 Å². The Morgan fingerprint density at radius 2 is 1.94 bits per heavy atom. The molecule has 0 aliphatic heterocycles. The van der Waals surface area contributed by atoms with Crippen LogP contribution in [0.25, 0.3) is 0 Å². The molecular weight excluding hydrogens is 204 g/mol. The average Bonchev–Trinajstić information content (AvgIpc) is 2.35. The minimum Gasteiger partial charge on any atom is -0.497 e. The Bertz CT molecular complexity index is 336. The molecule has 90 valence electrons. The molecule has 1 aromatic rings. The third-order valence-corrected chi connectivity index (χ3v) is 2.93. The number of hydrogen-bond donors (Lipinski definition) is 1. The van der Waals surface area contributed by atoms with Crippen LogP contribution < -0.4 is 9.47 Å². The van der Waals surface area contributed by atoms with Gasteiger partial charge in [-0.3, -0.25) is 0 Å². The van der Waals surface area contributed by atoms with Gasteiger partial charge in [-0.1, -0.05) is 19.9 Å². The first kappa shape index (κ1) is 12.8. The van der Waals surface area contributed by atoms with Gasteiger partial charge in [0.25, 0.3) is 0 Å². The predicted molar refractivity (Wildman–Crippen MR) is 64.3 cm³/mol. The number of aliphatic hydroxyl groups is 1. The maximum absolute atomic E-state index is 9.84. The van der Waals surface area contributed by atoms with E-state index in [4.69, 9.17) is 9.47 Å². The van der Waals surface area contributed by atoms with Gasteiger partial charge in [-0.25, -0.2) is 0 Å². The fourth-order valence-corrected chi connectivity index (χ4v) is 1.76. The van der Waals surface area contributed by atoms with E-state index in [1.807, 2.05) is 32.0 Å². The van der Waals surface area contributed by atoms with Gasteiger partial charge in [0.05, 0.1) is 20.3 Å². The summed E-state index contributed by atoms with van der Waals surface area (Å²) >= 11 is 0. The van der Waals surface area contributed by atoms with Crippen molar-refractivity contribution in [3.63, 3.8) is 0 Å². The highest BCUT2D eigenvalue weighted by atomic mass is 16.5. The van der Waals surface area contributed by atoms with Crippen molar-refractivity contribution in [3.05, 3.63) is 23.8 Å². The predicted octanol–water partition coefficient (Wildman–Crippen LogP) is 2.58. The lowest BCUT2D eigenvalue weighted by Crippen LogP contribution is -2.15. The lowest BCUT2D eigenvalue weighted by atomic mass is 9.93. The molecule has 1 rings (SSSR count). The lowest BCUT2D eigenvalue weighted by Gasteiger charge is -2.20. The first-order valence-corrected chi connectivity index (χ1v) is 5.54. The fraction of sp³-hybridized carbons (Fsp3) is 0.538. The Morgan fingerprint density at radius 3 is 2.44 bits per heavy atom. The minimum absolute atomic E-state index is 0.0610. The molecule has 2 unspecified atom stereocenters. The Labute approximate surface area is 97.0 Å². The number of ether oxygens (including phenoxy) is 2. The third kappa shape index (κ3) is 2.67. The molecule has 0 bridgehead atoms. The van der Waals surface area contributed by atoms with Crippen molar-refractivity contribution in [3.8, 4) is 11.5 Å². The maximum Gasteiger partial charge on any atom is 0.126 e. The molecule has 1 N–H and O–H groups in total. The van der Waals surface area contributed by atoms with E-state index in [1.54, 1.807) is 14.2 Å². The van der Waals surface area contributed by atoms with E-state index in [1.165, 1.54) is 0 Å². The Morgan fingerprint density at radius 1 is 1.25 bits per heavy atom. The van der Waals surface area contributed by atoms with Crippen LogP contribution in [0.5, 0.6) is 11.5 Å². The molecule has 3 nitrogen and oxygen atoms in total. The molecular formula is C13H20O3. The quantitative estimate of drug-likeness (QED) is 0.835. The van der Waals surface area contributed by atoms with Crippen molar-refractivity contribution in [1.82, 2.24) is 0 Å². The summed E-state index contributed by atoms with van der Waals surface area (Å²) in [7, 11) is 3.25. The molecule has 0 heterocycles. The molecule has 0 radical (unpaired) electrons. The van der Waals surface area contributed by atoms with Gasteiger partial charge >= 0.3 is 0 Å². The molecule has 0 amide bonds. The number of benzene rings is 1. The van der Waals surface area contributed by atoms with Gasteiger partial charge in [0.15, 0.2) is 0 Å². The van der Waals surface area contributed by atoms with Gasteiger partial charge in [-0.15, -0.1) is 0 Å². The lowest BCUT2D eigenvalue weighted by molar-refractivity contribution is 0.144. The molecule has 0 saturated heterocycles. The van der Waals surface area contributed by atoms with Crippen molar-refractivity contribution in [2.24, 2.45) is 0 Å². The van der Waals surface area contributed by atoms with Gasteiger partial charge in [-0.2, -0.15) is 0 Å². The van der Waals surface area contributed by atoms with Crippen LogP contribution in [0.15, 0.2) is 18.2 Å². The highest BCUT2D eigenvalue weighted by Gasteiger charge is 2.18. The van der Waals surface area contributed by atoms with Crippen LogP contribution in [-0.2, 0) is 0 Å². The maximum atomic E-state index is 9.84. The second-order valence-electron chi connectivity index (χ2n) is 3.87. The number of hydrogen-bond acceptors (Lipinski definition) is 3. The molecule has 2 atom stereocenters. The van der Waals surface area contributed by atoms with Crippen LogP contribution in [0.1, 0.15) is 31.7 Å². The van der Waals surface area contributed by atoms with Crippen LogP contribution in [0.2, 0.25) is 0 Å². The Kier molecular flexibility index (Phi) is 4.62. The van der Waals surface area contributed by atoms with E-state index >= 15 is 0 Å². The van der Waals surface area contributed by atoms with Gasteiger partial charge in [0.2, 0.25) is 0 Å². The standard InChI is InChI=1S/C13H20O3/c1-5-12(14)9(2)11-7-6-10(15-3)8-13(11)16-4/h6-9,12,14H,5H2,1-4H3. The van der Waals surface area contributed by atoms with E-state index in [0.717, 1.165) is 23.5 Å². The highest BCUT2D eigenvalue weighted by molar-refractivity contribution is 5.42. The van der Waals surface area contributed by atoms with E-state index < -0.39 is 0 Å². The smallest absolute Gasteiger partial charge is 0.126 e.